The number of nitrogens with two attached hydrogens (primary N) is 1. The molecular formula is C20H18N4O2. The van der Waals surface area contributed by atoms with E-state index in [4.69, 9.17) is 10.5 Å². The molecule has 2 aromatic heterocycles. The fraction of sp³-hybridized carbons (Fsp3) is 0.100. The van der Waals surface area contributed by atoms with Crippen LogP contribution in [-0.2, 0) is 6.61 Å². The lowest BCUT2D eigenvalue weighted by atomic mass is 10.2. The van der Waals surface area contributed by atoms with Gasteiger partial charge in [0.05, 0.1) is 17.6 Å². The number of carbonyl (C=O) groups excluding carboxylic acids is 1. The standard InChI is InChI=1S/C20H18N4O2/c1-13-17(21)11-22-24(13)20(25)19-9-15-7-8-16(10-18(15)23-19)26-12-14-5-3-2-4-6-14/h2-11,23H,12,21H2,1H3. The van der Waals surface area contributed by atoms with E-state index in [1.165, 1.54) is 10.9 Å². The molecule has 130 valence electrons. The number of anilines is 1. The Morgan fingerprint density at radius 1 is 1.19 bits per heavy atom. The Morgan fingerprint density at radius 2 is 2.00 bits per heavy atom. The highest BCUT2D eigenvalue weighted by Crippen LogP contribution is 2.23. The Morgan fingerprint density at radius 3 is 2.73 bits per heavy atom. The molecule has 3 N–H and O–H groups in total. The number of nitrogen functional groups attached to an aromatic ring is 1. The number of fused-ring (bicyclic) bond motifs is 1. The molecule has 0 saturated heterocycles. The Kier molecular flexibility index (Phi) is 3.93. The van der Waals surface area contributed by atoms with E-state index in [9.17, 15) is 4.79 Å². The predicted octanol–water partition coefficient (Wildman–Crippen LogP) is 3.52. The molecule has 2 heterocycles. The van der Waals surface area contributed by atoms with E-state index < -0.39 is 0 Å². The van der Waals surface area contributed by atoms with E-state index in [0.29, 0.717) is 23.7 Å². The van der Waals surface area contributed by atoms with Crippen LogP contribution in [-0.4, -0.2) is 20.7 Å². The van der Waals surface area contributed by atoms with Gasteiger partial charge in [0.2, 0.25) is 0 Å². The summed E-state index contributed by atoms with van der Waals surface area (Å²) in [5.74, 6) is 0.490. The van der Waals surface area contributed by atoms with Crippen molar-refractivity contribution < 1.29 is 9.53 Å². The van der Waals surface area contributed by atoms with Crippen molar-refractivity contribution in [3.8, 4) is 5.75 Å². The largest absolute Gasteiger partial charge is 0.489 e. The normalized spacial score (nSPS) is 11.0. The minimum absolute atomic E-state index is 0.248. The van der Waals surface area contributed by atoms with Crippen molar-refractivity contribution >= 4 is 22.5 Å². The molecule has 0 aliphatic carbocycles. The van der Waals surface area contributed by atoms with E-state index >= 15 is 0 Å². The van der Waals surface area contributed by atoms with Gasteiger partial charge in [-0.25, -0.2) is 0 Å². The van der Waals surface area contributed by atoms with Gasteiger partial charge in [-0.05, 0) is 30.7 Å². The first-order valence-corrected chi connectivity index (χ1v) is 8.26. The molecule has 0 aliphatic heterocycles. The van der Waals surface area contributed by atoms with Gasteiger partial charge in [-0.2, -0.15) is 9.78 Å². The van der Waals surface area contributed by atoms with E-state index in [1.807, 2.05) is 48.5 Å². The fourth-order valence-electron chi connectivity index (χ4n) is 2.79. The van der Waals surface area contributed by atoms with Gasteiger partial charge >= 0.3 is 0 Å². The number of rotatable bonds is 4. The number of nitrogens with zero attached hydrogens (tertiary/aromatic N) is 2. The Labute approximate surface area is 150 Å². The summed E-state index contributed by atoms with van der Waals surface area (Å²) in [4.78, 5) is 15.8. The number of H-pyrrole nitrogens is 1. The van der Waals surface area contributed by atoms with Gasteiger partial charge in [-0.15, -0.1) is 0 Å². The van der Waals surface area contributed by atoms with Crippen LogP contribution in [0.15, 0.2) is 60.8 Å². The molecule has 0 amide bonds. The molecule has 0 atom stereocenters. The molecule has 0 fully saturated rings. The van der Waals surface area contributed by atoms with Crippen molar-refractivity contribution in [1.29, 1.82) is 0 Å². The maximum atomic E-state index is 12.6. The number of carbonyl (C=O) groups is 1. The van der Waals surface area contributed by atoms with Crippen LogP contribution in [0.2, 0.25) is 0 Å². The maximum Gasteiger partial charge on any atom is 0.294 e. The third kappa shape index (κ3) is 2.93. The lowest BCUT2D eigenvalue weighted by Gasteiger charge is -2.06. The predicted molar refractivity (Wildman–Crippen MR) is 100 cm³/mol. The van der Waals surface area contributed by atoms with Crippen LogP contribution in [0, 0.1) is 6.92 Å². The highest BCUT2D eigenvalue weighted by molar-refractivity contribution is 5.99. The number of aromatic amines is 1. The number of benzene rings is 2. The molecule has 6 heteroatoms. The van der Waals surface area contributed by atoms with Gasteiger partial charge in [-0.1, -0.05) is 30.3 Å². The number of hydrogen-bond acceptors (Lipinski definition) is 4. The molecule has 0 spiro atoms. The molecule has 4 aromatic rings. The molecule has 0 bridgehead atoms. The monoisotopic (exact) mass is 346 g/mol. The third-order valence-corrected chi connectivity index (χ3v) is 4.31. The van der Waals surface area contributed by atoms with Crippen LogP contribution < -0.4 is 10.5 Å². The number of ether oxygens (including phenoxy) is 1. The summed E-state index contributed by atoms with van der Waals surface area (Å²) >= 11 is 0. The van der Waals surface area contributed by atoms with E-state index in [0.717, 1.165) is 22.2 Å². The lowest BCUT2D eigenvalue weighted by molar-refractivity contribution is 0.0938. The molecule has 6 nitrogen and oxygen atoms in total. The Hall–Kier alpha value is -3.54. The van der Waals surface area contributed by atoms with Crippen LogP contribution in [0.4, 0.5) is 5.69 Å². The van der Waals surface area contributed by atoms with Crippen molar-refractivity contribution in [2.24, 2.45) is 0 Å². The van der Waals surface area contributed by atoms with E-state index in [-0.39, 0.29) is 5.91 Å². The topological polar surface area (TPSA) is 85.9 Å². The summed E-state index contributed by atoms with van der Waals surface area (Å²) in [7, 11) is 0. The molecule has 26 heavy (non-hydrogen) atoms. The number of nitrogens with one attached hydrogen (secondary N) is 1. The second kappa shape index (κ2) is 6.40. The number of hydrogen-bond donors (Lipinski definition) is 2. The quantitative estimate of drug-likeness (QED) is 0.592. The van der Waals surface area contributed by atoms with Gasteiger partial charge in [0, 0.05) is 17.0 Å². The van der Waals surface area contributed by atoms with Gasteiger partial charge < -0.3 is 15.5 Å². The minimum atomic E-state index is -0.248. The number of aromatic nitrogens is 3. The molecular weight excluding hydrogens is 328 g/mol. The first-order chi connectivity index (χ1) is 12.6. The van der Waals surface area contributed by atoms with Gasteiger partial charge in [0.15, 0.2) is 0 Å². The van der Waals surface area contributed by atoms with Gasteiger partial charge in [0.1, 0.15) is 18.1 Å². The molecule has 0 saturated carbocycles. The molecule has 0 radical (unpaired) electrons. The zero-order valence-electron chi connectivity index (χ0n) is 14.3. The zero-order valence-corrected chi connectivity index (χ0v) is 14.3. The SMILES string of the molecule is Cc1c(N)cnn1C(=O)c1cc2ccc(OCc3ccccc3)cc2[nH]1. The summed E-state index contributed by atoms with van der Waals surface area (Å²) in [5.41, 5.74) is 9.27. The van der Waals surface area contributed by atoms with Gasteiger partial charge in [-0.3, -0.25) is 4.79 Å². The van der Waals surface area contributed by atoms with Crippen molar-refractivity contribution in [3.63, 3.8) is 0 Å². The Balaban J connectivity index is 1.57. The molecule has 2 aromatic carbocycles. The van der Waals surface area contributed by atoms with Crippen LogP contribution in [0.25, 0.3) is 10.9 Å². The van der Waals surface area contributed by atoms with E-state index in [1.54, 1.807) is 13.0 Å². The van der Waals surface area contributed by atoms with Gasteiger partial charge in [0.25, 0.3) is 5.91 Å². The average Bonchev–Trinajstić information content (AvgIpc) is 3.24. The molecule has 4 rings (SSSR count). The summed E-state index contributed by atoms with van der Waals surface area (Å²) in [6.45, 7) is 2.25. The van der Waals surface area contributed by atoms with Crippen molar-refractivity contribution in [3.05, 3.63) is 77.7 Å². The second-order valence-corrected chi connectivity index (χ2v) is 6.11. The lowest BCUT2D eigenvalue weighted by Crippen LogP contribution is -2.15. The van der Waals surface area contributed by atoms with Crippen molar-refractivity contribution in [1.82, 2.24) is 14.8 Å². The average molecular weight is 346 g/mol. The molecule has 0 unspecified atom stereocenters. The summed E-state index contributed by atoms with van der Waals surface area (Å²) in [6.07, 6.45) is 1.48. The van der Waals surface area contributed by atoms with Crippen LogP contribution in [0.5, 0.6) is 5.75 Å². The van der Waals surface area contributed by atoms with E-state index in [2.05, 4.69) is 10.1 Å². The van der Waals surface area contributed by atoms with Crippen molar-refractivity contribution in [2.75, 3.05) is 5.73 Å². The summed E-state index contributed by atoms with van der Waals surface area (Å²) in [5, 5.41) is 4.97. The third-order valence-electron chi connectivity index (χ3n) is 4.31. The first-order valence-electron chi connectivity index (χ1n) is 8.26. The molecule has 0 aliphatic rings. The second-order valence-electron chi connectivity index (χ2n) is 6.11. The van der Waals surface area contributed by atoms with Crippen molar-refractivity contribution in [2.45, 2.75) is 13.5 Å². The zero-order chi connectivity index (χ0) is 18.1. The Bertz CT molecular complexity index is 1080. The first kappa shape index (κ1) is 16.0. The fourth-order valence-corrected chi connectivity index (χ4v) is 2.79. The van der Waals surface area contributed by atoms with Crippen LogP contribution in [0.3, 0.4) is 0 Å². The summed E-state index contributed by atoms with van der Waals surface area (Å²) in [6, 6.07) is 17.5. The minimum Gasteiger partial charge on any atom is -0.489 e. The van der Waals surface area contributed by atoms with Crippen LogP contribution in [0.1, 0.15) is 21.7 Å². The maximum absolute atomic E-state index is 12.6. The smallest absolute Gasteiger partial charge is 0.294 e. The highest BCUT2D eigenvalue weighted by Gasteiger charge is 2.16. The van der Waals surface area contributed by atoms with Crippen LogP contribution >= 0.6 is 0 Å². The highest BCUT2D eigenvalue weighted by atomic mass is 16.5. The summed E-state index contributed by atoms with van der Waals surface area (Å²) < 4.78 is 7.14.